The van der Waals surface area contributed by atoms with Crippen molar-refractivity contribution in [3.8, 4) is 11.4 Å². The Labute approximate surface area is 153 Å². The molecular formula is C21H24N2O3. The van der Waals surface area contributed by atoms with Crippen LogP contribution in [0.1, 0.15) is 50.0 Å². The van der Waals surface area contributed by atoms with Gasteiger partial charge in [0.25, 0.3) is 5.89 Å². The molecule has 0 radical (unpaired) electrons. The Balaban J connectivity index is 1.25. The number of ether oxygens (including phenoxy) is 1. The van der Waals surface area contributed by atoms with E-state index in [1.54, 1.807) is 0 Å². The number of aromatic nitrogens is 2. The molecule has 0 saturated heterocycles. The second kappa shape index (κ2) is 5.93. The van der Waals surface area contributed by atoms with Gasteiger partial charge in [-0.05, 0) is 63.2 Å². The van der Waals surface area contributed by atoms with Gasteiger partial charge in [0.1, 0.15) is 0 Å². The van der Waals surface area contributed by atoms with Crippen LogP contribution in [0.3, 0.4) is 0 Å². The van der Waals surface area contributed by atoms with Crippen molar-refractivity contribution < 1.29 is 14.1 Å². The molecule has 0 N–H and O–H groups in total. The fourth-order valence-electron chi connectivity index (χ4n) is 5.77. The van der Waals surface area contributed by atoms with Crippen LogP contribution in [0.5, 0.6) is 0 Å². The Morgan fingerprint density at radius 3 is 2.35 bits per heavy atom. The average molecular weight is 352 g/mol. The lowest BCUT2D eigenvalue weighted by molar-refractivity contribution is -0.173. The molecule has 26 heavy (non-hydrogen) atoms. The number of carbonyl (C=O) groups excluding carboxylic acids is 1. The van der Waals surface area contributed by atoms with E-state index in [1.165, 1.54) is 24.8 Å². The first-order chi connectivity index (χ1) is 12.6. The third kappa shape index (κ3) is 2.74. The van der Waals surface area contributed by atoms with Crippen LogP contribution in [0.15, 0.2) is 28.8 Å². The van der Waals surface area contributed by atoms with Crippen molar-refractivity contribution in [2.75, 3.05) is 0 Å². The normalized spacial score (nSPS) is 32.0. The largest absolute Gasteiger partial charge is 0.455 e. The van der Waals surface area contributed by atoms with E-state index in [4.69, 9.17) is 9.26 Å². The van der Waals surface area contributed by atoms with E-state index < -0.39 is 0 Å². The minimum atomic E-state index is -0.242. The fourth-order valence-corrected chi connectivity index (χ4v) is 5.77. The molecule has 4 fully saturated rings. The number of benzene rings is 1. The average Bonchev–Trinajstić information content (AvgIpc) is 3.08. The predicted octanol–water partition coefficient (Wildman–Crippen LogP) is 4.30. The zero-order valence-electron chi connectivity index (χ0n) is 15.1. The summed E-state index contributed by atoms with van der Waals surface area (Å²) in [4.78, 5) is 17.2. The molecule has 1 aromatic heterocycles. The van der Waals surface area contributed by atoms with Crippen LogP contribution in [0.4, 0.5) is 0 Å². The highest BCUT2D eigenvalue weighted by Gasteiger charge is 2.55. The summed E-state index contributed by atoms with van der Waals surface area (Å²) in [6.07, 6.45) is 6.98. The van der Waals surface area contributed by atoms with Crippen molar-refractivity contribution in [3.63, 3.8) is 0 Å². The Bertz CT molecular complexity index is 789. The van der Waals surface area contributed by atoms with Gasteiger partial charge in [0.05, 0.1) is 5.41 Å². The Morgan fingerprint density at radius 1 is 1.12 bits per heavy atom. The van der Waals surface area contributed by atoms with Crippen LogP contribution in [0.25, 0.3) is 11.4 Å². The van der Waals surface area contributed by atoms with Gasteiger partial charge in [0.2, 0.25) is 5.82 Å². The van der Waals surface area contributed by atoms with E-state index in [0.717, 1.165) is 42.6 Å². The summed E-state index contributed by atoms with van der Waals surface area (Å²) in [6.45, 7) is 2.11. The van der Waals surface area contributed by atoms with E-state index in [0.29, 0.717) is 11.7 Å². The predicted molar refractivity (Wildman–Crippen MR) is 94.9 cm³/mol. The van der Waals surface area contributed by atoms with E-state index in [1.807, 2.05) is 31.2 Å². The molecule has 0 spiro atoms. The molecule has 4 aliphatic rings. The molecule has 1 heterocycles. The van der Waals surface area contributed by atoms with E-state index in [2.05, 4.69) is 10.1 Å². The molecule has 0 amide bonds. The topological polar surface area (TPSA) is 65.2 Å². The van der Waals surface area contributed by atoms with Gasteiger partial charge in [-0.3, -0.25) is 4.79 Å². The Hall–Kier alpha value is -2.17. The second-order valence-electron chi connectivity index (χ2n) is 8.65. The number of nitrogens with zero attached hydrogens (tertiary/aromatic N) is 2. The summed E-state index contributed by atoms with van der Waals surface area (Å²) in [5.74, 6) is 3.03. The van der Waals surface area contributed by atoms with Gasteiger partial charge in [-0.15, -0.1) is 0 Å². The van der Waals surface area contributed by atoms with E-state index in [9.17, 15) is 4.79 Å². The molecule has 0 aliphatic heterocycles. The molecule has 4 aliphatic carbocycles. The standard InChI is InChI=1S/C21H24N2O3/c1-13-2-4-17(5-3-13)19-22-18(26-23-19)12-25-20(24)21-9-14-6-15(10-21)8-16(7-14)11-21/h2-5,14-16H,6-12H2,1H3. The molecule has 5 nitrogen and oxygen atoms in total. The quantitative estimate of drug-likeness (QED) is 0.767. The van der Waals surface area contributed by atoms with Crippen molar-refractivity contribution in [3.05, 3.63) is 35.7 Å². The van der Waals surface area contributed by atoms with Crippen molar-refractivity contribution in [2.45, 2.75) is 52.1 Å². The van der Waals surface area contributed by atoms with Crippen molar-refractivity contribution >= 4 is 5.97 Å². The summed E-state index contributed by atoms with van der Waals surface area (Å²) in [5, 5.41) is 4.01. The highest BCUT2D eigenvalue weighted by molar-refractivity contribution is 5.77. The maximum absolute atomic E-state index is 12.9. The lowest BCUT2D eigenvalue weighted by atomic mass is 9.49. The third-order valence-corrected chi connectivity index (χ3v) is 6.58. The highest BCUT2D eigenvalue weighted by atomic mass is 16.6. The van der Waals surface area contributed by atoms with Gasteiger partial charge in [0, 0.05) is 5.56 Å². The molecule has 4 bridgehead atoms. The molecule has 0 atom stereocenters. The monoisotopic (exact) mass is 352 g/mol. The third-order valence-electron chi connectivity index (χ3n) is 6.58. The second-order valence-corrected chi connectivity index (χ2v) is 8.65. The van der Waals surface area contributed by atoms with Gasteiger partial charge in [-0.25, -0.2) is 0 Å². The van der Waals surface area contributed by atoms with Crippen molar-refractivity contribution in [2.24, 2.45) is 23.2 Å². The first-order valence-electron chi connectivity index (χ1n) is 9.66. The number of rotatable bonds is 4. The van der Waals surface area contributed by atoms with Gasteiger partial charge < -0.3 is 9.26 Å². The summed E-state index contributed by atoms with van der Waals surface area (Å²) in [6, 6.07) is 7.95. The zero-order valence-corrected chi connectivity index (χ0v) is 15.1. The van der Waals surface area contributed by atoms with Gasteiger partial charge in [-0.1, -0.05) is 35.0 Å². The van der Waals surface area contributed by atoms with Crippen LogP contribution in [-0.2, 0) is 16.1 Å². The van der Waals surface area contributed by atoms with Gasteiger partial charge >= 0.3 is 5.97 Å². The molecule has 136 valence electrons. The molecule has 1 aromatic carbocycles. The molecule has 5 heteroatoms. The molecule has 0 unspecified atom stereocenters. The van der Waals surface area contributed by atoms with Crippen LogP contribution >= 0.6 is 0 Å². The van der Waals surface area contributed by atoms with Crippen molar-refractivity contribution in [1.29, 1.82) is 0 Å². The summed E-state index contributed by atoms with van der Waals surface area (Å²) >= 11 is 0. The molecule has 4 saturated carbocycles. The zero-order chi connectivity index (χ0) is 17.7. The Kier molecular flexibility index (Phi) is 3.66. The minimum Gasteiger partial charge on any atom is -0.455 e. The molecule has 6 rings (SSSR count). The maximum Gasteiger partial charge on any atom is 0.312 e. The number of esters is 1. The first kappa shape index (κ1) is 16.0. The fraction of sp³-hybridized carbons (Fsp3) is 0.571. The maximum atomic E-state index is 12.9. The van der Waals surface area contributed by atoms with Crippen molar-refractivity contribution in [1.82, 2.24) is 10.1 Å². The smallest absolute Gasteiger partial charge is 0.312 e. The number of hydrogen-bond donors (Lipinski definition) is 0. The molecular weight excluding hydrogens is 328 g/mol. The number of aryl methyl sites for hydroxylation is 1. The van der Waals surface area contributed by atoms with Crippen LogP contribution in [-0.4, -0.2) is 16.1 Å². The van der Waals surface area contributed by atoms with Gasteiger partial charge in [0.15, 0.2) is 6.61 Å². The lowest BCUT2D eigenvalue weighted by Crippen LogP contribution is -2.50. The minimum absolute atomic E-state index is 0.0494. The first-order valence-corrected chi connectivity index (χ1v) is 9.66. The van der Waals surface area contributed by atoms with Crippen LogP contribution in [0.2, 0.25) is 0 Å². The van der Waals surface area contributed by atoms with E-state index in [-0.39, 0.29) is 18.0 Å². The summed E-state index contributed by atoms with van der Waals surface area (Å²) < 4.78 is 10.9. The number of carbonyl (C=O) groups is 1. The SMILES string of the molecule is Cc1ccc(-c2noc(COC(=O)C34CC5CC(CC(C5)C3)C4)n2)cc1. The summed E-state index contributed by atoms with van der Waals surface area (Å²) in [7, 11) is 0. The lowest BCUT2D eigenvalue weighted by Gasteiger charge is -2.55. The molecule has 2 aromatic rings. The van der Waals surface area contributed by atoms with Crippen LogP contribution < -0.4 is 0 Å². The highest BCUT2D eigenvalue weighted by Crippen LogP contribution is 2.60. The van der Waals surface area contributed by atoms with Crippen LogP contribution in [0, 0.1) is 30.1 Å². The summed E-state index contributed by atoms with van der Waals surface area (Å²) in [5.41, 5.74) is 1.84. The number of hydrogen-bond acceptors (Lipinski definition) is 5. The Morgan fingerprint density at radius 2 is 1.73 bits per heavy atom. The van der Waals surface area contributed by atoms with E-state index >= 15 is 0 Å². The van der Waals surface area contributed by atoms with Gasteiger partial charge in [-0.2, -0.15) is 4.98 Å².